The third-order valence-electron chi connectivity index (χ3n) is 3.46. The van der Waals surface area contributed by atoms with Crippen molar-refractivity contribution in [3.8, 4) is 0 Å². The van der Waals surface area contributed by atoms with Crippen LogP contribution in [0.2, 0.25) is 0 Å². The predicted octanol–water partition coefficient (Wildman–Crippen LogP) is -0.120. The predicted molar refractivity (Wildman–Crippen MR) is 64.1 cm³/mol. The monoisotopic (exact) mass is 260 g/mol. The number of amides is 3. The average molecular weight is 260 g/mol. The number of imide groups is 1. The zero-order chi connectivity index (χ0) is 13.6. The number of piperidine rings is 1. The molecule has 19 heavy (non-hydrogen) atoms. The zero-order valence-electron chi connectivity index (χ0n) is 10.00. The lowest BCUT2D eigenvalue weighted by Gasteiger charge is -2.31. The highest BCUT2D eigenvalue weighted by molar-refractivity contribution is 6.22. The first-order chi connectivity index (χ1) is 9.09. The molecule has 2 aliphatic heterocycles. The van der Waals surface area contributed by atoms with Crippen LogP contribution in [0.5, 0.6) is 0 Å². The molecule has 0 aliphatic carbocycles. The number of nitrogens with zero attached hydrogens (tertiary/aromatic N) is 1. The second-order valence-electron chi connectivity index (χ2n) is 4.64. The van der Waals surface area contributed by atoms with Crippen LogP contribution in [-0.2, 0) is 4.79 Å². The summed E-state index contributed by atoms with van der Waals surface area (Å²) in [5.74, 6) is -1.39. The first-order valence-corrected chi connectivity index (χ1v) is 6.05. The van der Waals surface area contributed by atoms with Gasteiger partial charge < -0.3 is 10.4 Å². The summed E-state index contributed by atoms with van der Waals surface area (Å²) in [6.45, 7) is 0. The van der Waals surface area contributed by atoms with Gasteiger partial charge in [0.15, 0.2) is 0 Å². The van der Waals surface area contributed by atoms with E-state index in [0.29, 0.717) is 17.5 Å². The van der Waals surface area contributed by atoms with Crippen molar-refractivity contribution in [2.75, 3.05) is 0 Å². The largest absolute Gasteiger partial charge is 0.374 e. The molecule has 1 aromatic carbocycles. The van der Waals surface area contributed by atoms with Gasteiger partial charge >= 0.3 is 0 Å². The van der Waals surface area contributed by atoms with Crippen LogP contribution in [0.25, 0.3) is 0 Å². The lowest BCUT2D eigenvalue weighted by molar-refractivity contribution is -0.131. The van der Waals surface area contributed by atoms with Crippen molar-refractivity contribution in [3.05, 3.63) is 35.4 Å². The normalized spacial score (nSPS) is 26.4. The van der Waals surface area contributed by atoms with Crippen LogP contribution in [0, 0.1) is 0 Å². The molecule has 1 fully saturated rings. The van der Waals surface area contributed by atoms with E-state index in [4.69, 9.17) is 0 Å². The molecule has 0 bridgehead atoms. The molecule has 1 aromatic rings. The maximum atomic E-state index is 12.2. The molecule has 0 radical (unpaired) electrons. The molecule has 2 heterocycles. The molecular formula is C13H12N2O4. The smallest absolute Gasteiger partial charge is 0.262 e. The molecule has 0 aromatic heterocycles. The molecule has 3 rings (SSSR count). The lowest BCUT2D eigenvalue weighted by atomic mass is 10.0. The van der Waals surface area contributed by atoms with Gasteiger partial charge in [0.2, 0.25) is 5.91 Å². The first kappa shape index (κ1) is 11.9. The molecule has 0 spiro atoms. The Balaban J connectivity index is 1.94. The molecule has 1 saturated heterocycles. The maximum absolute atomic E-state index is 12.2. The van der Waals surface area contributed by atoms with E-state index in [-0.39, 0.29) is 6.42 Å². The van der Waals surface area contributed by atoms with Crippen LogP contribution in [0.15, 0.2) is 24.3 Å². The summed E-state index contributed by atoms with van der Waals surface area (Å²) in [5.41, 5.74) is 0.651. The summed E-state index contributed by atoms with van der Waals surface area (Å²) in [6.07, 6.45) is -0.304. The number of fused-ring (bicyclic) bond motifs is 1. The van der Waals surface area contributed by atoms with Crippen LogP contribution >= 0.6 is 0 Å². The Labute approximate surface area is 109 Å². The Hall–Kier alpha value is -2.21. The Morgan fingerprint density at radius 2 is 1.63 bits per heavy atom. The number of hydrogen-bond donors (Lipinski definition) is 2. The number of aliphatic hydroxyl groups excluding tert-OH is 1. The van der Waals surface area contributed by atoms with Crippen LogP contribution < -0.4 is 5.32 Å². The van der Waals surface area contributed by atoms with E-state index in [1.54, 1.807) is 24.3 Å². The number of rotatable bonds is 1. The highest BCUT2D eigenvalue weighted by atomic mass is 16.3. The van der Waals surface area contributed by atoms with Gasteiger partial charge in [0, 0.05) is 0 Å². The fourth-order valence-corrected chi connectivity index (χ4v) is 2.52. The maximum Gasteiger partial charge on any atom is 0.262 e. The number of benzene rings is 1. The van der Waals surface area contributed by atoms with Crippen LogP contribution in [0.3, 0.4) is 0 Å². The van der Waals surface area contributed by atoms with Gasteiger partial charge in [-0.3, -0.25) is 19.3 Å². The van der Waals surface area contributed by atoms with Crippen molar-refractivity contribution in [2.24, 2.45) is 0 Å². The zero-order valence-corrected chi connectivity index (χ0v) is 10.00. The molecule has 2 aliphatic rings. The molecule has 0 saturated carbocycles. The summed E-state index contributed by atoms with van der Waals surface area (Å²) in [6, 6.07) is 5.67. The Morgan fingerprint density at radius 3 is 2.16 bits per heavy atom. The summed E-state index contributed by atoms with van der Waals surface area (Å²) in [7, 11) is 0. The average Bonchev–Trinajstić information content (AvgIpc) is 2.64. The van der Waals surface area contributed by atoms with E-state index in [9.17, 15) is 19.5 Å². The molecule has 2 N–H and O–H groups in total. The van der Waals surface area contributed by atoms with Crippen molar-refractivity contribution < 1.29 is 19.5 Å². The van der Waals surface area contributed by atoms with E-state index in [1.807, 2.05) is 0 Å². The van der Waals surface area contributed by atoms with Crippen molar-refractivity contribution in [2.45, 2.75) is 25.1 Å². The lowest BCUT2D eigenvalue weighted by Crippen LogP contribution is -2.55. The molecule has 2 unspecified atom stereocenters. The van der Waals surface area contributed by atoms with Gasteiger partial charge in [0.1, 0.15) is 12.3 Å². The van der Waals surface area contributed by atoms with Gasteiger partial charge in [-0.1, -0.05) is 12.1 Å². The molecule has 6 heteroatoms. The fraction of sp³-hybridized carbons (Fsp3) is 0.308. The number of carbonyl (C=O) groups excluding carboxylic acids is 3. The van der Waals surface area contributed by atoms with Crippen molar-refractivity contribution >= 4 is 17.7 Å². The minimum Gasteiger partial charge on any atom is -0.374 e. The van der Waals surface area contributed by atoms with Gasteiger partial charge in [0.25, 0.3) is 11.8 Å². The topological polar surface area (TPSA) is 86.7 Å². The van der Waals surface area contributed by atoms with Gasteiger partial charge in [-0.2, -0.15) is 0 Å². The summed E-state index contributed by atoms with van der Waals surface area (Å²) in [5, 5.41) is 11.7. The first-order valence-electron chi connectivity index (χ1n) is 6.05. The molecular weight excluding hydrogens is 248 g/mol. The molecule has 6 nitrogen and oxygen atoms in total. The number of carbonyl (C=O) groups is 3. The number of hydrogen-bond acceptors (Lipinski definition) is 4. The molecule has 3 amide bonds. The quantitative estimate of drug-likeness (QED) is 0.689. The highest BCUT2D eigenvalue weighted by Gasteiger charge is 2.44. The summed E-state index contributed by atoms with van der Waals surface area (Å²) < 4.78 is 0. The standard InChI is InChI=1S/C13H12N2O4/c16-10-6-5-9(11(17)14-10)15-12(18)7-3-1-2-4-8(7)13(15)19/h1-4,9-10,16H,5-6H2,(H,14,17). The van der Waals surface area contributed by atoms with E-state index in [0.717, 1.165) is 4.90 Å². The van der Waals surface area contributed by atoms with E-state index < -0.39 is 30.0 Å². The van der Waals surface area contributed by atoms with Gasteiger partial charge in [-0.15, -0.1) is 0 Å². The van der Waals surface area contributed by atoms with Gasteiger partial charge in [-0.05, 0) is 25.0 Å². The second-order valence-corrected chi connectivity index (χ2v) is 4.64. The summed E-state index contributed by atoms with van der Waals surface area (Å²) >= 11 is 0. The minimum atomic E-state index is -0.904. The fourth-order valence-electron chi connectivity index (χ4n) is 2.52. The Bertz CT molecular complexity index is 549. The van der Waals surface area contributed by atoms with Crippen molar-refractivity contribution in [1.82, 2.24) is 10.2 Å². The second kappa shape index (κ2) is 4.17. The van der Waals surface area contributed by atoms with Gasteiger partial charge in [-0.25, -0.2) is 0 Å². The minimum absolute atomic E-state index is 0.276. The van der Waals surface area contributed by atoms with E-state index in [2.05, 4.69) is 5.32 Å². The van der Waals surface area contributed by atoms with Crippen LogP contribution in [0.4, 0.5) is 0 Å². The molecule has 2 atom stereocenters. The van der Waals surface area contributed by atoms with Crippen molar-refractivity contribution in [1.29, 1.82) is 0 Å². The van der Waals surface area contributed by atoms with Crippen LogP contribution in [0.1, 0.15) is 33.6 Å². The van der Waals surface area contributed by atoms with Crippen LogP contribution in [-0.4, -0.2) is 40.0 Å². The third-order valence-corrected chi connectivity index (χ3v) is 3.46. The SMILES string of the molecule is O=C1NC(O)CCC1N1C(=O)c2ccccc2C1=O. The van der Waals surface area contributed by atoms with E-state index in [1.165, 1.54) is 0 Å². The van der Waals surface area contributed by atoms with E-state index >= 15 is 0 Å². The highest BCUT2D eigenvalue weighted by Crippen LogP contribution is 2.27. The number of aliphatic hydroxyl groups is 1. The van der Waals surface area contributed by atoms with Gasteiger partial charge in [0.05, 0.1) is 11.1 Å². The molecule has 98 valence electrons. The summed E-state index contributed by atoms with van der Waals surface area (Å²) in [4.78, 5) is 37.2. The van der Waals surface area contributed by atoms with Crippen molar-refractivity contribution in [3.63, 3.8) is 0 Å². The Kier molecular flexibility index (Phi) is 2.60. The third kappa shape index (κ3) is 1.72. The Morgan fingerprint density at radius 1 is 1.05 bits per heavy atom. The number of nitrogens with one attached hydrogen (secondary N) is 1.